The van der Waals surface area contributed by atoms with E-state index < -0.39 is 17.5 Å². The van der Waals surface area contributed by atoms with Crippen LogP contribution in [0, 0.1) is 0 Å². The maximum absolute atomic E-state index is 11.5. The number of rotatable bonds is 3. The van der Waals surface area contributed by atoms with Crippen LogP contribution >= 0.6 is 0 Å². The molecule has 4 nitrogen and oxygen atoms in total. The molecule has 1 fully saturated rings. The first kappa shape index (κ1) is 13.6. The van der Waals surface area contributed by atoms with Gasteiger partial charge in [-0.25, -0.2) is 0 Å². The van der Waals surface area contributed by atoms with Crippen molar-refractivity contribution < 1.29 is 15.0 Å². The number of aliphatic hydroxyl groups is 1. The minimum absolute atomic E-state index is 0.482. The van der Waals surface area contributed by atoms with Gasteiger partial charge in [0.2, 0.25) is 0 Å². The Labute approximate surface area is 119 Å². The van der Waals surface area contributed by atoms with Crippen molar-refractivity contribution in [3.8, 4) is 0 Å². The molecule has 4 heteroatoms. The summed E-state index contributed by atoms with van der Waals surface area (Å²) in [7, 11) is 0. The highest BCUT2D eigenvalue weighted by atomic mass is 16.4. The zero-order valence-corrected chi connectivity index (χ0v) is 11.6. The summed E-state index contributed by atoms with van der Waals surface area (Å²) >= 11 is 0. The summed E-state index contributed by atoms with van der Waals surface area (Å²) in [6.45, 7) is 1.82. The Balaban J connectivity index is 1.81. The van der Waals surface area contributed by atoms with Gasteiger partial charge in [0.1, 0.15) is 0 Å². The van der Waals surface area contributed by atoms with Crippen molar-refractivity contribution in [2.24, 2.45) is 0 Å². The lowest BCUT2D eigenvalue weighted by Gasteiger charge is -2.37. The third kappa shape index (κ3) is 2.58. The predicted molar refractivity (Wildman–Crippen MR) is 75.5 cm³/mol. The van der Waals surface area contributed by atoms with Crippen LogP contribution in [-0.4, -0.2) is 39.8 Å². The number of carboxylic acids is 1. The standard InChI is InChI=1S/C16H21NO3/c18-15(19)14-10-17(11-16(20)7-3-4-8-16)9-12-5-1-2-6-13(12)14/h1-2,5-6,14,20H,3-4,7-11H2,(H,18,19). The summed E-state index contributed by atoms with van der Waals surface area (Å²) in [5.41, 5.74) is 1.39. The van der Waals surface area contributed by atoms with Crippen LogP contribution in [0.25, 0.3) is 0 Å². The average Bonchev–Trinajstić information content (AvgIpc) is 2.84. The topological polar surface area (TPSA) is 60.8 Å². The SMILES string of the molecule is O=C(O)C1CN(CC2(O)CCCC2)Cc2ccccc21. The van der Waals surface area contributed by atoms with Crippen LogP contribution in [0.15, 0.2) is 24.3 Å². The van der Waals surface area contributed by atoms with Crippen LogP contribution in [0.3, 0.4) is 0 Å². The Morgan fingerprint density at radius 1 is 1.30 bits per heavy atom. The third-order valence-corrected chi connectivity index (χ3v) is 4.62. The lowest BCUT2D eigenvalue weighted by Crippen LogP contribution is -2.45. The largest absolute Gasteiger partial charge is 0.481 e. The molecule has 0 amide bonds. The van der Waals surface area contributed by atoms with E-state index in [0.717, 1.165) is 43.4 Å². The number of hydrogen-bond donors (Lipinski definition) is 2. The van der Waals surface area contributed by atoms with Crippen LogP contribution in [-0.2, 0) is 11.3 Å². The van der Waals surface area contributed by atoms with Gasteiger partial charge in [0, 0.05) is 19.6 Å². The molecule has 0 bridgehead atoms. The first-order chi connectivity index (χ1) is 9.57. The van der Waals surface area contributed by atoms with Gasteiger partial charge < -0.3 is 10.2 Å². The van der Waals surface area contributed by atoms with Crippen LogP contribution < -0.4 is 0 Å². The van der Waals surface area contributed by atoms with E-state index in [1.165, 1.54) is 0 Å². The highest BCUT2D eigenvalue weighted by molar-refractivity contribution is 5.77. The highest BCUT2D eigenvalue weighted by Gasteiger charge is 2.37. The lowest BCUT2D eigenvalue weighted by atomic mass is 9.88. The van der Waals surface area contributed by atoms with E-state index in [1.807, 2.05) is 24.3 Å². The molecule has 2 N–H and O–H groups in total. The van der Waals surface area contributed by atoms with Crippen molar-refractivity contribution in [3.63, 3.8) is 0 Å². The van der Waals surface area contributed by atoms with Crippen molar-refractivity contribution in [1.82, 2.24) is 4.90 Å². The van der Waals surface area contributed by atoms with E-state index in [-0.39, 0.29) is 0 Å². The van der Waals surface area contributed by atoms with Gasteiger partial charge in [-0.3, -0.25) is 9.69 Å². The molecule has 108 valence electrons. The minimum atomic E-state index is -0.777. The maximum Gasteiger partial charge on any atom is 0.312 e. The molecule has 0 saturated heterocycles. The fourth-order valence-corrected chi connectivity index (χ4v) is 3.62. The van der Waals surface area contributed by atoms with Crippen molar-refractivity contribution in [2.75, 3.05) is 13.1 Å². The molecular weight excluding hydrogens is 254 g/mol. The summed E-state index contributed by atoms with van der Waals surface area (Å²) in [5.74, 6) is -1.26. The molecule has 3 rings (SSSR count). The molecule has 1 heterocycles. The van der Waals surface area contributed by atoms with E-state index in [4.69, 9.17) is 0 Å². The Morgan fingerprint density at radius 3 is 2.70 bits per heavy atom. The van der Waals surface area contributed by atoms with Gasteiger partial charge in [0.25, 0.3) is 0 Å². The molecule has 1 atom stereocenters. The van der Waals surface area contributed by atoms with E-state index in [1.54, 1.807) is 0 Å². The fourth-order valence-electron chi connectivity index (χ4n) is 3.62. The first-order valence-electron chi connectivity index (χ1n) is 7.33. The molecule has 1 aromatic carbocycles. The molecule has 20 heavy (non-hydrogen) atoms. The number of β-amino-alcohol motifs (C(OH)–C–C–N with tert-alkyl or cyclic N) is 1. The Kier molecular flexibility index (Phi) is 3.52. The summed E-state index contributed by atoms with van der Waals surface area (Å²) in [4.78, 5) is 13.6. The fraction of sp³-hybridized carbons (Fsp3) is 0.562. The zero-order valence-electron chi connectivity index (χ0n) is 11.6. The first-order valence-corrected chi connectivity index (χ1v) is 7.33. The molecule has 0 radical (unpaired) electrons. The number of carbonyl (C=O) groups is 1. The van der Waals surface area contributed by atoms with Crippen LogP contribution in [0.2, 0.25) is 0 Å². The summed E-state index contributed by atoms with van der Waals surface area (Å²) in [5, 5.41) is 20.0. The van der Waals surface area contributed by atoms with Crippen molar-refractivity contribution in [3.05, 3.63) is 35.4 Å². The summed E-state index contributed by atoms with van der Waals surface area (Å²) < 4.78 is 0. The molecule has 1 aliphatic heterocycles. The molecule has 2 aliphatic rings. The lowest BCUT2D eigenvalue weighted by molar-refractivity contribution is -0.140. The minimum Gasteiger partial charge on any atom is -0.481 e. The maximum atomic E-state index is 11.5. The third-order valence-electron chi connectivity index (χ3n) is 4.62. The van der Waals surface area contributed by atoms with Crippen molar-refractivity contribution >= 4 is 5.97 Å². The van der Waals surface area contributed by atoms with Gasteiger partial charge in [-0.1, -0.05) is 37.1 Å². The molecule has 1 aliphatic carbocycles. The summed E-state index contributed by atoms with van der Waals surface area (Å²) in [6.07, 6.45) is 3.82. The van der Waals surface area contributed by atoms with Gasteiger partial charge in [0.05, 0.1) is 11.5 Å². The highest BCUT2D eigenvalue weighted by Crippen LogP contribution is 2.34. The number of fused-ring (bicyclic) bond motifs is 1. The van der Waals surface area contributed by atoms with E-state index in [9.17, 15) is 15.0 Å². The second-order valence-electron chi connectivity index (χ2n) is 6.19. The normalized spacial score (nSPS) is 25.4. The monoisotopic (exact) mass is 275 g/mol. The van der Waals surface area contributed by atoms with Crippen LogP contribution in [0.5, 0.6) is 0 Å². The second kappa shape index (κ2) is 5.19. The Bertz CT molecular complexity index is 508. The second-order valence-corrected chi connectivity index (χ2v) is 6.19. The zero-order chi connectivity index (χ0) is 14.2. The van der Waals surface area contributed by atoms with Gasteiger partial charge in [0.15, 0.2) is 0 Å². The Morgan fingerprint density at radius 2 is 2.00 bits per heavy atom. The van der Waals surface area contributed by atoms with Gasteiger partial charge in [-0.15, -0.1) is 0 Å². The number of nitrogens with zero attached hydrogens (tertiary/aromatic N) is 1. The van der Waals surface area contributed by atoms with Gasteiger partial charge in [-0.2, -0.15) is 0 Å². The molecule has 1 unspecified atom stereocenters. The van der Waals surface area contributed by atoms with Crippen molar-refractivity contribution in [2.45, 2.75) is 43.7 Å². The van der Waals surface area contributed by atoms with Gasteiger partial charge >= 0.3 is 5.97 Å². The van der Waals surface area contributed by atoms with E-state index >= 15 is 0 Å². The summed E-state index contributed by atoms with van der Waals surface area (Å²) in [6, 6.07) is 7.76. The molecule has 1 saturated carbocycles. The smallest absolute Gasteiger partial charge is 0.312 e. The molecular formula is C16H21NO3. The molecule has 0 aromatic heterocycles. The Hall–Kier alpha value is -1.39. The van der Waals surface area contributed by atoms with E-state index in [0.29, 0.717) is 13.1 Å². The predicted octanol–water partition coefficient (Wildman–Crippen LogP) is 1.98. The number of hydrogen-bond acceptors (Lipinski definition) is 3. The number of aliphatic carboxylic acids is 1. The van der Waals surface area contributed by atoms with Crippen molar-refractivity contribution in [1.29, 1.82) is 0 Å². The molecule has 0 spiro atoms. The quantitative estimate of drug-likeness (QED) is 0.885. The average molecular weight is 275 g/mol. The van der Waals surface area contributed by atoms with E-state index in [2.05, 4.69) is 4.90 Å². The van der Waals surface area contributed by atoms with Crippen LogP contribution in [0.4, 0.5) is 0 Å². The number of benzene rings is 1. The van der Waals surface area contributed by atoms with Crippen LogP contribution in [0.1, 0.15) is 42.7 Å². The van der Waals surface area contributed by atoms with Gasteiger partial charge in [-0.05, 0) is 24.0 Å². The number of carboxylic acid groups (broad SMARTS) is 1. The molecule has 1 aromatic rings.